The molecule has 0 heterocycles. The molecule has 124 valence electrons. The molecular formula is C14H20O7S. The Morgan fingerprint density at radius 3 is 2.59 bits per heavy atom. The first-order valence-electron chi connectivity index (χ1n) is 6.50. The van der Waals surface area contributed by atoms with Crippen LogP contribution in [-0.4, -0.2) is 48.2 Å². The molecule has 0 aliphatic rings. The Morgan fingerprint density at radius 2 is 1.95 bits per heavy atom. The quantitative estimate of drug-likeness (QED) is 0.326. The third-order valence-electron chi connectivity index (χ3n) is 2.42. The number of hydrogen-bond donors (Lipinski definition) is 0. The van der Waals surface area contributed by atoms with Crippen molar-refractivity contribution in [1.82, 2.24) is 0 Å². The van der Waals surface area contributed by atoms with E-state index in [0.29, 0.717) is 12.4 Å². The number of para-hydroxylation sites is 1. The standard InChI is InChI=1S/C14H20O7S/c1-3-9-18-10-14(20-12-21-22(15,16)17-2)11-19-13-7-5-4-6-8-13/h3-8,14H,1,9-12H2,2H3. The molecule has 0 N–H and O–H groups in total. The molecule has 0 saturated carbocycles. The molecule has 7 nitrogen and oxygen atoms in total. The summed E-state index contributed by atoms with van der Waals surface area (Å²) >= 11 is 0. The minimum Gasteiger partial charge on any atom is -0.491 e. The van der Waals surface area contributed by atoms with Gasteiger partial charge in [-0.1, -0.05) is 24.3 Å². The fourth-order valence-electron chi connectivity index (χ4n) is 1.36. The Bertz CT molecular complexity index is 515. The molecule has 0 spiro atoms. The van der Waals surface area contributed by atoms with Crippen molar-refractivity contribution in [1.29, 1.82) is 0 Å². The van der Waals surface area contributed by atoms with Gasteiger partial charge in [0, 0.05) is 0 Å². The van der Waals surface area contributed by atoms with Gasteiger partial charge in [-0.15, -0.1) is 6.58 Å². The Labute approximate surface area is 130 Å². The first-order valence-corrected chi connectivity index (χ1v) is 7.84. The van der Waals surface area contributed by atoms with Crippen molar-refractivity contribution in [3.63, 3.8) is 0 Å². The minimum atomic E-state index is -4.03. The topological polar surface area (TPSA) is 80.3 Å². The lowest BCUT2D eigenvalue weighted by Crippen LogP contribution is -2.29. The van der Waals surface area contributed by atoms with Gasteiger partial charge in [-0.05, 0) is 12.1 Å². The molecular weight excluding hydrogens is 312 g/mol. The van der Waals surface area contributed by atoms with Crippen LogP contribution in [0.4, 0.5) is 0 Å². The normalized spacial score (nSPS) is 12.8. The van der Waals surface area contributed by atoms with Gasteiger partial charge in [-0.2, -0.15) is 8.42 Å². The molecule has 1 aromatic rings. The minimum absolute atomic E-state index is 0.178. The van der Waals surface area contributed by atoms with E-state index in [4.69, 9.17) is 14.2 Å². The van der Waals surface area contributed by atoms with Crippen LogP contribution in [0.1, 0.15) is 0 Å². The average Bonchev–Trinajstić information content (AvgIpc) is 2.53. The molecule has 0 fully saturated rings. The Kier molecular flexibility index (Phi) is 8.71. The van der Waals surface area contributed by atoms with Gasteiger partial charge in [0.2, 0.25) is 0 Å². The molecule has 0 amide bonds. The van der Waals surface area contributed by atoms with E-state index in [1.54, 1.807) is 18.2 Å². The lowest BCUT2D eigenvalue weighted by Gasteiger charge is -2.18. The zero-order valence-electron chi connectivity index (χ0n) is 12.3. The summed E-state index contributed by atoms with van der Waals surface area (Å²) in [6.07, 6.45) is 1.09. The van der Waals surface area contributed by atoms with Crippen molar-refractivity contribution < 1.29 is 31.0 Å². The number of hydrogen-bond acceptors (Lipinski definition) is 7. The Hall–Kier alpha value is -1.45. The van der Waals surface area contributed by atoms with Gasteiger partial charge in [-0.25, -0.2) is 4.18 Å². The van der Waals surface area contributed by atoms with Crippen LogP contribution in [0.3, 0.4) is 0 Å². The fraction of sp³-hybridized carbons (Fsp3) is 0.429. The summed E-state index contributed by atoms with van der Waals surface area (Å²) in [5, 5.41) is 0. The Balaban J connectivity index is 2.43. The molecule has 1 aromatic carbocycles. The van der Waals surface area contributed by atoms with E-state index < -0.39 is 23.3 Å². The van der Waals surface area contributed by atoms with E-state index >= 15 is 0 Å². The highest BCUT2D eigenvalue weighted by Gasteiger charge is 2.14. The predicted octanol–water partition coefficient (Wildman–Crippen LogP) is 1.52. The summed E-state index contributed by atoms with van der Waals surface area (Å²) in [7, 11) is -3.03. The van der Waals surface area contributed by atoms with E-state index in [0.717, 1.165) is 7.11 Å². The van der Waals surface area contributed by atoms with Gasteiger partial charge >= 0.3 is 10.4 Å². The van der Waals surface area contributed by atoms with E-state index in [1.807, 2.05) is 18.2 Å². The highest BCUT2D eigenvalue weighted by atomic mass is 32.3. The van der Waals surface area contributed by atoms with Gasteiger partial charge in [0.25, 0.3) is 0 Å². The molecule has 0 aliphatic heterocycles. The maximum atomic E-state index is 11.0. The van der Waals surface area contributed by atoms with Crippen molar-refractivity contribution in [3.05, 3.63) is 43.0 Å². The van der Waals surface area contributed by atoms with Gasteiger partial charge in [0.15, 0.2) is 6.79 Å². The molecule has 0 bridgehead atoms. The van der Waals surface area contributed by atoms with E-state index in [2.05, 4.69) is 14.9 Å². The van der Waals surface area contributed by atoms with Gasteiger partial charge < -0.3 is 14.2 Å². The van der Waals surface area contributed by atoms with Crippen molar-refractivity contribution in [3.8, 4) is 5.75 Å². The SMILES string of the molecule is C=CCOCC(COc1ccccc1)OCOS(=O)(=O)OC. The lowest BCUT2D eigenvalue weighted by atomic mass is 10.3. The third-order valence-corrected chi connectivity index (χ3v) is 3.21. The average molecular weight is 332 g/mol. The molecule has 0 aliphatic carbocycles. The van der Waals surface area contributed by atoms with Crippen LogP contribution >= 0.6 is 0 Å². The molecule has 1 unspecified atom stereocenters. The molecule has 1 rings (SSSR count). The molecule has 1 atom stereocenters. The molecule has 0 saturated heterocycles. The van der Waals surface area contributed by atoms with Crippen LogP contribution in [0.5, 0.6) is 5.75 Å². The summed E-state index contributed by atoms with van der Waals surface area (Å²) in [6, 6.07) is 9.15. The second-order valence-corrected chi connectivity index (χ2v) is 5.44. The van der Waals surface area contributed by atoms with Gasteiger partial charge in [0.1, 0.15) is 18.5 Å². The van der Waals surface area contributed by atoms with E-state index in [9.17, 15) is 8.42 Å². The van der Waals surface area contributed by atoms with Gasteiger partial charge in [-0.3, -0.25) is 4.18 Å². The second kappa shape index (κ2) is 10.3. The number of ether oxygens (including phenoxy) is 3. The Morgan fingerprint density at radius 1 is 1.23 bits per heavy atom. The number of rotatable bonds is 12. The molecule has 8 heteroatoms. The first-order chi connectivity index (χ1) is 10.6. The fourth-order valence-corrected chi connectivity index (χ4v) is 1.63. The molecule has 0 radical (unpaired) electrons. The summed E-state index contributed by atoms with van der Waals surface area (Å²) in [5.74, 6) is 0.672. The lowest BCUT2D eigenvalue weighted by molar-refractivity contribution is -0.0836. The number of benzene rings is 1. The third kappa shape index (κ3) is 8.11. The largest absolute Gasteiger partial charge is 0.491 e. The van der Waals surface area contributed by atoms with Gasteiger partial charge in [0.05, 0.1) is 20.3 Å². The molecule has 22 heavy (non-hydrogen) atoms. The van der Waals surface area contributed by atoms with Crippen molar-refractivity contribution in [2.75, 3.05) is 33.7 Å². The van der Waals surface area contributed by atoms with E-state index in [1.165, 1.54) is 0 Å². The summed E-state index contributed by atoms with van der Waals surface area (Å²) in [6.45, 7) is 3.78. The predicted molar refractivity (Wildman–Crippen MR) is 79.7 cm³/mol. The highest BCUT2D eigenvalue weighted by Crippen LogP contribution is 2.09. The van der Waals surface area contributed by atoms with Crippen LogP contribution in [0.25, 0.3) is 0 Å². The smallest absolute Gasteiger partial charge is 0.401 e. The van der Waals surface area contributed by atoms with Crippen molar-refractivity contribution in [2.45, 2.75) is 6.10 Å². The summed E-state index contributed by atoms with van der Waals surface area (Å²) in [5.41, 5.74) is 0. The first kappa shape index (κ1) is 18.6. The maximum absolute atomic E-state index is 11.0. The maximum Gasteiger partial charge on any atom is 0.401 e. The highest BCUT2D eigenvalue weighted by molar-refractivity contribution is 7.81. The monoisotopic (exact) mass is 332 g/mol. The van der Waals surface area contributed by atoms with Crippen molar-refractivity contribution in [2.24, 2.45) is 0 Å². The van der Waals surface area contributed by atoms with E-state index in [-0.39, 0.29) is 13.2 Å². The van der Waals surface area contributed by atoms with Crippen LogP contribution in [-0.2, 0) is 28.2 Å². The van der Waals surface area contributed by atoms with Crippen LogP contribution < -0.4 is 4.74 Å². The zero-order chi connectivity index (χ0) is 16.3. The van der Waals surface area contributed by atoms with Crippen LogP contribution in [0, 0.1) is 0 Å². The second-order valence-electron chi connectivity index (χ2n) is 4.05. The van der Waals surface area contributed by atoms with Crippen LogP contribution in [0.15, 0.2) is 43.0 Å². The summed E-state index contributed by atoms with van der Waals surface area (Å²) in [4.78, 5) is 0. The molecule has 0 aromatic heterocycles. The zero-order valence-corrected chi connectivity index (χ0v) is 13.2. The van der Waals surface area contributed by atoms with Crippen LogP contribution in [0.2, 0.25) is 0 Å². The van der Waals surface area contributed by atoms with Crippen molar-refractivity contribution >= 4 is 10.4 Å². The summed E-state index contributed by atoms with van der Waals surface area (Å²) < 4.78 is 46.8.